The number of fused-ring (bicyclic) bond motifs is 1. The van der Waals surface area contributed by atoms with Crippen LogP contribution in [0.1, 0.15) is 40.0 Å². The molecule has 27 heavy (non-hydrogen) atoms. The van der Waals surface area contributed by atoms with Gasteiger partial charge in [-0.2, -0.15) is 0 Å². The number of anilines is 1. The molecule has 4 rings (SSSR count). The quantitative estimate of drug-likeness (QED) is 0.769. The number of carbonyl (C=O) groups is 4. The molecule has 2 aliphatic heterocycles. The number of Topliss-reactive ketones (excluding diaryl/α,β-unsaturated/α-hetero) is 1. The van der Waals surface area contributed by atoms with Crippen LogP contribution in [0.15, 0.2) is 29.8 Å². The Balaban J connectivity index is 1.64. The SMILES string of the molecule is O=C1CCC(CC2=CC(=O)c3cccc(N4CCNCC4)c3C2=O)C(=O)N1. The maximum Gasteiger partial charge on any atom is 0.230 e. The van der Waals surface area contributed by atoms with Crippen molar-refractivity contribution in [1.29, 1.82) is 0 Å². The van der Waals surface area contributed by atoms with Crippen LogP contribution in [-0.2, 0) is 9.59 Å². The maximum atomic E-state index is 13.2. The Labute approximate surface area is 156 Å². The van der Waals surface area contributed by atoms with Gasteiger partial charge >= 0.3 is 0 Å². The Morgan fingerprint density at radius 2 is 1.85 bits per heavy atom. The van der Waals surface area contributed by atoms with E-state index in [1.54, 1.807) is 12.1 Å². The highest BCUT2D eigenvalue weighted by Crippen LogP contribution is 2.33. The molecule has 1 aromatic rings. The molecule has 0 aromatic heterocycles. The summed E-state index contributed by atoms with van der Waals surface area (Å²) in [5.74, 6) is -1.51. The lowest BCUT2D eigenvalue weighted by molar-refractivity contribution is -0.136. The lowest BCUT2D eigenvalue weighted by Gasteiger charge is -2.32. The summed E-state index contributed by atoms with van der Waals surface area (Å²) in [4.78, 5) is 51.4. The first-order valence-electron chi connectivity index (χ1n) is 9.26. The van der Waals surface area contributed by atoms with Crippen molar-refractivity contribution in [2.24, 2.45) is 5.92 Å². The molecule has 3 aliphatic rings. The molecule has 1 aliphatic carbocycles. The zero-order chi connectivity index (χ0) is 19.0. The first kappa shape index (κ1) is 17.6. The molecular weight excluding hydrogens is 346 g/mol. The molecule has 2 N–H and O–H groups in total. The maximum absolute atomic E-state index is 13.2. The number of piperidine rings is 1. The van der Waals surface area contributed by atoms with E-state index in [-0.39, 0.29) is 36.2 Å². The second-order valence-corrected chi connectivity index (χ2v) is 7.15. The van der Waals surface area contributed by atoms with Crippen LogP contribution in [0.2, 0.25) is 0 Å². The number of carbonyl (C=O) groups excluding carboxylic acids is 4. The van der Waals surface area contributed by atoms with Crippen molar-refractivity contribution >= 4 is 29.1 Å². The van der Waals surface area contributed by atoms with E-state index < -0.39 is 5.92 Å². The number of benzene rings is 1. The molecule has 2 heterocycles. The molecule has 0 radical (unpaired) electrons. The Bertz CT molecular complexity index is 868. The van der Waals surface area contributed by atoms with Crippen LogP contribution in [0, 0.1) is 5.92 Å². The highest BCUT2D eigenvalue weighted by molar-refractivity contribution is 6.26. The van der Waals surface area contributed by atoms with Crippen molar-refractivity contribution in [2.45, 2.75) is 19.3 Å². The third-order valence-corrected chi connectivity index (χ3v) is 5.41. The Morgan fingerprint density at radius 1 is 1.07 bits per heavy atom. The van der Waals surface area contributed by atoms with E-state index in [0.717, 1.165) is 31.9 Å². The third kappa shape index (κ3) is 3.30. The Hall–Kier alpha value is -2.80. The minimum Gasteiger partial charge on any atom is -0.368 e. The second-order valence-electron chi connectivity index (χ2n) is 7.15. The van der Waals surface area contributed by atoms with E-state index in [9.17, 15) is 19.2 Å². The number of rotatable bonds is 3. The lowest BCUT2D eigenvalue weighted by Crippen LogP contribution is -2.44. The van der Waals surface area contributed by atoms with Gasteiger partial charge in [-0.25, -0.2) is 0 Å². The Morgan fingerprint density at radius 3 is 2.59 bits per heavy atom. The van der Waals surface area contributed by atoms with Crippen molar-refractivity contribution < 1.29 is 19.2 Å². The van der Waals surface area contributed by atoms with Crippen molar-refractivity contribution in [1.82, 2.24) is 10.6 Å². The van der Waals surface area contributed by atoms with Gasteiger partial charge in [0.15, 0.2) is 11.6 Å². The molecule has 0 saturated carbocycles. The monoisotopic (exact) mass is 367 g/mol. The van der Waals surface area contributed by atoms with Crippen molar-refractivity contribution in [3.63, 3.8) is 0 Å². The third-order valence-electron chi connectivity index (χ3n) is 5.41. The van der Waals surface area contributed by atoms with Crippen LogP contribution in [0.25, 0.3) is 0 Å². The zero-order valence-corrected chi connectivity index (χ0v) is 14.9. The molecule has 1 atom stereocenters. The minimum absolute atomic E-state index is 0.180. The van der Waals surface area contributed by atoms with Crippen molar-refractivity contribution in [2.75, 3.05) is 31.1 Å². The van der Waals surface area contributed by atoms with Gasteiger partial charge in [-0.05, 0) is 25.0 Å². The molecule has 1 aromatic carbocycles. The van der Waals surface area contributed by atoms with Crippen LogP contribution in [0.4, 0.5) is 5.69 Å². The molecule has 0 bridgehead atoms. The van der Waals surface area contributed by atoms with Crippen molar-refractivity contribution in [3.05, 3.63) is 41.0 Å². The lowest BCUT2D eigenvalue weighted by atomic mass is 9.82. The van der Waals surface area contributed by atoms with Gasteiger partial charge < -0.3 is 10.2 Å². The fraction of sp³-hybridized carbons (Fsp3) is 0.400. The normalized spacial score (nSPS) is 23.0. The van der Waals surface area contributed by atoms with Gasteiger partial charge in [0, 0.05) is 55.3 Å². The van der Waals surface area contributed by atoms with Crippen LogP contribution < -0.4 is 15.5 Å². The first-order valence-corrected chi connectivity index (χ1v) is 9.26. The van der Waals surface area contributed by atoms with Gasteiger partial charge in [0.05, 0.1) is 5.56 Å². The number of hydrogen-bond acceptors (Lipinski definition) is 6. The number of nitrogens with one attached hydrogen (secondary N) is 2. The van der Waals surface area contributed by atoms with Gasteiger partial charge in [-0.3, -0.25) is 24.5 Å². The second kappa shape index (κ2) is 7.08. The topological polar surface area (TPSA) is 95.6 Å². The predicted octanol–water partition coefficient (Wildman–Crippen LogP) is 0.844. The highest BCUT2D eigenvalue weighted by atomic mass is 16.2. The molecular formula is C20H21N3O4. The average molecular weight is 367 g/mol. The van der Waals surface area contributed by atoms with E-state index in [2.05, 4.69) is 15.5 Å². The Kier molecular flexibility index (Phi) is 4.61. The largest absolute Gasteiger partial charge is 0.368 e. The van der Waals surface area contributed by atoms with Gasteiger partial charge in [0.2, 0.25) is 11.8 Å². The van der Waals surface area contributed by atoms with Crippen LogP contribution in [0.3, 0.4) is 0 Å². The molecule has 140 valence electrons. The summed E-state index contributed by atoms with van der Waals surface area (Å²) in [5.41, 5.74) is 1.99. The smallest absolute Gasteiger partial charge is 0.230 e. The zero-order valence-electron chi connectivity index (χ0n) is 14.9. The number of nitrogens with zero attached hydrogens (tertiary/aromatic N) is 1. The molecule has 0 spiro atoms. The van der Waals surface area contributed by atoms with Crippen LogP contribution >= 0.6 is 0 Å². The summed E-state index contributed by atoms with van der Waals surface area (Å²) < 4.78 is 0. The molecule has 2 fully saturated rings. The average Bonchev–Trinajstić information content (AvgIpc) is 2.68. The van der Waals surface area contributed by atoms with E-state index in [4.69, 9.17) is 0 Å². The molecule has 2 amide bonds. The fourth-order valence-corrected chi connectivity index (χ4v) is 3.97. The predicted molar refractivity (Wildman–Crippen MR) is 98.8 cm³/mol. The molecule has 2 saturated heterocycles. The summed E-state index contributed by atoms with van der Waals surface area (Å²) >= 11 is 0. The summed E-state index contributed by atoms with van der Waals surface area (Å²) in [6, 6.07) is 5.37. The summed E-state index contributed by atoms with van der Waals surface area (Å²) in [5, 5.41) is 5.59. The number of hydrogen-bond donors (Lipinski definition) is 2. The highest BCUT2D eigenvalue weighted by Gasteiger charge is 2.34. The van der Waals surface area contributed by atoms with Crippen molar-refractivity contribution in [3.8, 4) is 0 Å². The van der Waals surface area contributed by atoms with Gasteiger partial charge in [0.25, 0.3) is 0 Å². The van der Waals surface area contributed by atoms with Crippen LogP contribution in [0.5, 0.6) is 0 Å². The van der Waals surface area contributed by atoms with E-state index in [1.165, 1.54) is 6.08 Å². The number of piperazine rings is 1. The number of amides is 2. The fourth-order valence-electron chi connectivity index (χ4n) is 3.97. The van der Waals surface area contributed by atoms with Gasteiger partial charge in [-0.1, -0.05) is 12.1 Å². The minimum atomic E-state index is -0.460. The first-order chi connectivity index (χ1) is 13.0. The van der Waals surface area contributed by atoms with Gasteiger partial charge in [0.1, 0.15) is 0 Å². The number of imide groups is 1. The molecule has 7 nitrogen and oxygen atoms in total. The number of ketones is 2. The van der Waals surface area contributed by atoms with Crippen LogP contribution in [-0.4, -0.2) is 49.6 Å². The molecule has 7 heteroatoms. The summed E-state index contributed by atoms with van der Waals surface area (Å²) in [7, 11) is 0. The van der Waals surface area contributed by atoms with Gasteiger partial charge in [-0.15, -0.1) is 0 Å². The van der Waals surface area contributed by atoms with E-state index >= 15 is 0 Å². The molecule has 1 unspecified atom stereocenters. The number of allylic oxidation sites excluding steroid dienone is 2. The summed E-state index contributed by atoms with van der Waals surface area (Å²) in [6.07, 6.45) is 2.19. The standard InChI is InChI=1S/C20H21N3O4/c24-16-11-13(10-12-4-5-17(25)22-20(12)27)19(26)18-14(16)2-1-3-15(18)23-8-6-21-7-9-23/h1-3,11-12,21H,4-10H2,(H,22,25,27). The van der Waals surface area contributed by atoms with E-state index in [1.807, 2.05) is 6.07 Å². The van der Waals surface area contributed by atoms with E-state index in [0.29, 0.717) is 23.1 Å². The summed E-state index contributed by atoms with van der Waals surface area (Å²) in [6.45, 7) is 3.18.